The molecule has 29 heavy (non-hydrogen) atoms. The predicted octanol–water partition coefficient (Wildman–Crippen LogP) is 3.89. The number of methoxy groups -OCH3 is 1. The zero-order chi connectivity index (χ0) is 21.4. The SMILES string of the molecule is CCOP(=O)(OCC)c1ccc(O)c(C(=O)CCc2ccc(C(=O)OC)cc2)c1. The molecule has 0 aliphatic heterocycles. The zero-order valence-electron chi connectivity index (χ0n) is 16.7. The summed E-state index contributed by atoms with van der Waals surface area (Å²) in [6.07, 6.45) is 0.542. The molecule has 0 unspecified atom stereocenters. The summed E-state index contributed by atoms with van der Waals surface area (Å²) in [7, 11) is -2.25. The summed E-state index contributed by atoms with van der Waals surface area (Å²) < 4.78 is 28.2. The molecule has 0 aliphatic carbocycles. The van der Waals surface area contributed by atoms with Gasteiger partial charge in [0.1, 0.15) is 5.75 Å². The highest BCUT2D eigenvalue weighted by Gasteiger charge is 2.28. The number of ether oxygens (including phenoxy) is 1. The maximum atomic E-state index is 12.9. The van der Waals surface area contributed by atoms with Crippen LogP contribution in [-0.4, -0.2) is 37.2 Å². The minimum atomic E-state index is -3.56. The molecule has 0 saturated heterocycles. The van der Waals surface area contributed by atoms with Gasteiger partial charge < -0.3 is 18.9 Å². The van der Waals surface area contributed by atoms with Crippen LogP contribution in [0.1, 0.15) is 46.5 Å². The number of aromatic hydroxyl groups is 1. The first kappa shape index (κ1) is 22.8. The molecule has 0 fully saturated rings. The maximum Gasteiger partial charge on any atom is 0.361 e. The van der Waals surface area contributed by atoms with Crippen molar-refractivity contribution in [2.45, 2.75) is 26.7 Å². The quantitative estimate of drug-likeness (QED) is 0.354. The number of phenols is 1. The largest absolute Gasteiger partial charge is 0.507 e. The van der Waals surface area contributed by atoms with Crippen molar-refractivity contribution in [3.8, 4) is 5.75 Å². The molecule has 156 valence electrons. The van der Waals surface area contributed by atoms with Gasteiger partial charge in [-0.1, -0.05) is 12.1 Å². The number of hydrogen-bond acceptors (Lipinski definition) is 7. The van der Waals surface area contributed by atoms with Gasteiger partial charge in [-0.25, -0.2) is 4.79 Å². The smallest absolute Gasteiger partial charge is 0.361 e. The lowest BCUT2D eigenvalue weighted by Crippen LogP contribution is -2.13. The first-order valence-corrected chi connectivity index (χ1v) is 10.8. The zero-order valence-corrected chi connectivity index (χ0v) is 17.6. The highest BCUT2D eigenvalue weighted by molar-refractivity contribution is 7.62. The summed E-state index contributed by atoms with van der Waals surface area (Å²) in [5.74, 6) is -0.928. The van der Waals surface area contributed by atoms with Crippen LogP contribution in [0.4, 0.5) is 0 Å². The summed E-state index contributed by atoms with van der Waals surface area (Å²) in [4.78, 5) is 24.1. The molecular weight excluding hydrogens is 395 g/mol. The third kappa shape index (κ3) is 5.76. The summed E-state index contributed by atoms with van der Waals surface area (Å²) in [5, 5.41) is 10.3. The van der Waals surface area contributed by atoms with E-state index < -0.39 is 13.6 Å². The van der Waals surface area contributed by atoms with Crippen LogP contribution in [0.2, 0.25) is 0 Å². The standard InChI is InChI=1S/C21H25O7P/c1-4-27-29(25,28-5-2)17-11-13-20(23)18(14-17)19(22)12-8-15-6-9-16(10-7-15)21(24)26-3/h6-7,9-11,13-14,23H,4-5,8,12H2,1-3H3. The Morgan fingerprint density at radius 3 is 2.17 bits per heavy atom. The first-order valence-electron chi connectivity index (χ1n) is 9.27. The number of Topliss-reactive ketones (excluding diaryl/α,β-unsaturated/α-hetero) is 1. The van der Waals surface area contributed by atoms with Crippen LogP contribution in [0.15, 0.2) is 42.5 Å². The Morgan fingerprint density at radius 2 is 1.62 bits per heavy atom. The molecule has 2 aromatic carbocycles. The Balaban J connectivity index is 2.16. The monoisotopic (exact) mass is 420 g/mol. The number of carbonyl (C=O) groups is 2. The Hall–Kier alpha value is -2.47. The lowest BCUT2D eigenvalue weighted by molar-refractivity contribution is 0.0600. The van der Waals surface area contributed by atoms with Gasteiger partial charge in [0.05, 0.1) is 36.8 Å². The molecule has 8 heteroatoms. The van der Waals surface area contributed by atoms with E-state index >= 15 is 0 Å². The highest BCUT2D eigenvalue weighted by Crippen LogP contribution is 2.47. The molecule has 2 aromatic rings. The van der Waals surface area contributed by atoms with Crippen LogP contribution < -0.4 is 5.30 Å². The van der Waals surface area contributed by atoms with E-state index in [0.717, 1.165) is 5.56 Å². The summed E-state index contributed by atoms with van der Waals surface area (Å²) in [5.41, 5.74) is 1.35. The van der Waals surface area contributed by atoms with Crippen molar-refractivity contribution in [2.24, 2.45) is 0 Å². The summed E-state index contributed by atoms with van der Waals surface area (Å²) in [6, 6.07) is 10.9. The number of hydrogen-bond donors (Lipinski definition) is 1. The van der Waals surface area contributed by atoms with Gasteiger partial charge in [0.2, 0.25) is 0 Å². The van der Waals surface area contributed by atoms with E-state index in [1.165, 1.54) is 25.3 Å². The fourth-order valence-electron chi connectivity index (χ4n) is 2.76. The van der Waals surface area contributed by atoms with Crippen molar-refractivity contribution < 1.29 is 33.0 Å². The van der Waals surface area contributed by atoms with E-state index in [4.69, 9.17) is 9.05 Å². The van der Waals surface area contributed by atoms with Crippen molar-refractivity contribution in [1.29, 1.82) is 0 Å². The number of ketones is 1. The van der Waals surface area contributed by atoms with E-state index in [1.54, 1.807) is 38.1 Å². The van der Waals surface area contributed by atoms with Gasteiger partial charge in [0.25, 0.3) is 0 Å². The Morgan fingerprint density at radius 1 is 1.00 bits per heavy atom. The molecule has 0 amide bonds. The molecular formula is C21H25O7P. The number of benzene rings is 2. The minimum Gasteiger partial charge on any atom is -0.507 e. The number of carbonyl (C=O) groups excluding carboxylic acids is 2. The van der Waals surface area contributed by atoms with Crippen LogP contribution >= 0.6 is 7.60 Å². The van der Waals surface area contributed by atoms with Crippen LogP contribution in [0.5, 0.6) is 5.75 Å². The van der Waals surface area contributed by atoms with Gasteiger partial charge >= 0.3 is 13.6 Å². The third-order valence-electron chi connectivity index (χ3n) is 4.21. The second-order valence-corrected chi connectivity index (χ2v) is 8.17. The second-order valence-electron chi connectivity index (χ2n) is 6.15. The molecule has 0 atom stereocenters. The number of esters is 1. The Kier molecular flexibility index (Phi) is 8.14. The Bertz CT molecular complexity index is 896. The van der Waals surface area contributed by atoms with Crippen molar-refractivity contribution in [2.75, 3.05) is 20.3 Å². The molecule has 0 radical (unpaired) electrons. The van der Waals surface area contributed by atoms with E-state index in [9.17, 15) is 19.3 Å². The van der Waals surface area contributed by atoms with Gasteiger partial charge in [-0.15, -0.1) is 0 Å². The van der Waals surface area contributed by atoms with Gasteiger partial charge in [-0.3, -0.25) is 9.36 Å². The molecule has 0 saturated carbocycles. The number of rotatable bonds is 10. The number of phenolic OH excluding ortho intramolecular Hbond substituents is 1. The Labute approximate surface area is 170 Å². The lowest BCUT2D eigenvalue weighted by atomic mass is 10.0. The second kappa shape index (κ2) is 10.3. The molecule has 0 spiro atoms. The lowest BCUT2D eigenvalue weighted by Gasteiger charge is -2.18. The molecule has 2 rings (SSSR count). The van der Waals surface area contributed by atoms with Gasteiger partial charge in [0.15, 0.2) is 5.78 Å². The van der Waals surface area contributed by atoms with E-state index in [-0.39, 0.29) is 42.0 Å². The minimum absolute atomic E-state index is 0.0633. The molecule has 0 bridgehead atoms. The van der Waals surface area contributed by atoms with E-state index in [1.807, 2.05) is 0 Å². The first-order chi connectivity index (χ1) is 13.8. The average molecular weight is 420 g/mol. The van der Waals surface area contributed by atoms with Crippen molar-refractivity contribution in [1.82, 2.24) is 0 Å². The van der Waals surface area contributed by atoms with Crippen LogP contribution in [0.25, 0.3) is 0 Å². The molecule has 7 nitrogen and oxygen atoms in total. The molecule has 0 aromatic heterocycles. The van der Waals surface area contributed by atoms with Crippen molar-refractivity contribution in [3.63, 3.8) is 0 Å². The normalized spacial score (nSPS) is 11.3. The average Bonchev–Trinajstić information content (AvgIpc) is 2.72. The number of aryl methyl sites for hydroxylation is 1. The third-order valence-corrected chi connectivity index (χ3v) is 6.32. The van der Waals surface area contributed by atoms with Gasteiger partial charge in [-0.2, -0.15) is 0 Å². The molecule has 0 heterocycles. The summed E-state index contributed by atoms with van der Waals surface area (Å²) in [6.45, 7) is 3.76. The molecule has 0 aliphatic rings. The van der Waals surface area contributed by atoms with Crippen LogP contribution in [0, 0.1) is 0 Å². The topological polar surface area (TPSA) is 99.1 Å². The fraction of sp³-hybridized carbons (Fsp3) is 0.333. The predicted molar refractivity (Wildman–Crippen MR) is 109 cm³/mol. The fourth-order valence-corrected chi connectivity index (χ4v) is 4.36. The van der Waals surface area contributed by atoms with E-state index in [0.29, 0.717) is 12.0 Å². The van der Waals surface area contributed by atoms with Gasteiger partial charge in [-0.05, 0) is 56.2 Å². The van der Waals surface area contributed by atoms with Crippen molar-refractivity contribution in [3.05, 3.63) is 59.2 Å². The maximum absolute atomic E-state index is 12.9. The van der Waals surface area contributed by atoms with Crippen molar-refractivity contribution >= 4 is 24.7 Å². The summed E-state index contributed by atoms with van der Waals surface area (Å²) >= 11 is 0. The van der Waals surface area contributed by atoms with Gasteiger partial charge in [0, 0.05) is 6.42 Å². The molecule has 1 N–H and O–H groups in total. The highest BCUT2D eigenvalue weighted by atomic mass is 31.2. The van der Waals surface area contributed by atoms with Crippen LogP contribution in [-0.2, 0) is 24.8 Å². The van der Waals surface area contributed by atoms with Crippen LogP contribution in [0.3, 0.4) is 0 Å². The van der Waals surface area contributed by atoms with E-state index in [2.05, 4.69) is 4.74 Å².